The van der Waals surface area contributed by atoms with E-state index in [2.05, 4.69) is 0 Å². The van der Waals surface area contributed by atoms with Gasteiger partial charge in [-0.05, 0) is 44.5 Å². The fraction of sp³-hybridized carbons (Fsp3) is 0.533. The van der Waals surface area contributed by atoms with E-state index in [9.17, 15) is 4.79 Å². The van der Waals surface area contributed by atoms with Gasteiger partial charge < -0.3 is 9.47 Å². The Bertz CT molecular complexity index is 424. The van der Waals surface area contributed by atoms with Crippen molar-refractivity contribution in [3.8, 4) is 11.5 Å². The third-order valence-corrected chi connectivity index (χ3v) is 3.87. The van der Waals surface area contributed by atoms with Crippen LogP contribution in [0.15, 0.2) is 24.3 Å². The first-order chi connectivity index (χ1) is 8.60. The van der Waals surface area contributed by atoms with Crippen molar-refractivity contribution in [2.45, 2.75) is 39.7 Å². The Labute approximate surface area is 108 Å². The van der Waals surface area contributed by atoms with Crippen LogP contribution in [0.4, 0.5) is 0 Å². The van der Waals surface area contributed by atoms with Crippen LogP contribution in [-0.2, 0) is 4.79 Å². The molecule has 0 spiro atoms. The van der Waals surface area contributed by atoms with E-state index in [1.807, 2.05) is 45.0 Å². The molecule has 0 aliphatic heterocycles. The Morgan fingerprint density at radius 1 is 1.22 bits per heavy atom. The molecular formula is C15H20O3. The van der Waals surface area contributed by atoms with Gasteiger partial charge in [0.25, 0.3) is 0 Å². The first-order valence-corrected chi connectivity index (χ1v) is 6.53. The highest BCUT2D eigenvalue weighted by atomic mass is 16.5. The number of rotatable bonds is 5. The van der Waals surface area contributed by atoms with Crippen molar-refractivity contribution >= 4 is 5.78 Å². The predicted octanol–water partition coefficient (Wildman–Crippen LogP) is 3.22. The topological polar surface area (TPSA) is 35.5 Å². The van der Waals surface area contributed by atoms with E-state index in [0.29, 0.717) is 18.8 Å². The molecular weight excluding hydrogens is 228 g/mol. The van der Waals surface area contributed by atoms with Gasteiger partial charge in [-0.25, -0.2) is 0 Å². The van der Waals surface area contributed by atoms with Gasteiger partial charge in [0.2, 0.25) is 0 Å². The third-order valence-electron chi connectivity index (χ3n) is 3.87. The Balaban J connectivity index is 2.00. The second kappa shape index (κ2) is 5.01. The first-order valence-electron chi connectivity index (χ1n) is 6.53. The van der Waals surface area contributed by atoms with Gasteiger partial charge in [0, 0.05) is 6.42 Å². The van der Waals surface area contributed by atoms with Crippen molar-refractivity contribution < 1.29 is 14.3 Å². The SMILES string of the molecule is CCOc1ccc(OC2CC(=O)C2(C)CC)cc1. The van der Waals surface area contributed by atoms with Gasteiger partial charge in [-0.3, -0.25) is 4.79 Å². The van der Waals surface area contributed by atoms with E-state index in [0.717, 1.165) is 17.9 Å². The molecule has 0 N–H and O–H groups in total. The average molecular weight is 248 g/mol. The quantitative estimate of drug-likeness (QED) is 0.802. The van der Waals surface area contributed by atoms with Crippen LogP contribution in [-0.4, -0.2) is 18.5 Å². The predicted molar refractivity (Wildman–Crippen MR) is 70.0 cm³/mol. The summed E-state index contributed by atoms with van der Waals surface area (Å²) in [6.07, 6.45) is 1.36. The molecule has 0 saturated heterocycles. The van der Waals surface area contributed by atoms with Crippen LogP contribution in [0.3, 0.4) is 0 Å². The third kappa shape index (κ3) is 2.22. The summed E-state index contributed by atoms with van der Waals surface area (Å²) in [6.45, 7) is 6.63. The van der Waals surface area contributed by atoms with Crippen LogP contribution >= 0.6 is 0 Å². The highest BCUT2D eigenvalue weighted by Crippen LogP contribution is 2.42. The number of Topliss-reactive ketones (excluding diaryl/α,β-unsaturated/α-hetero) is 1. The monoisotopic (exact) mass is 248 g/mol. The maximum absolute atomic E-state index is 11.6. The van der Waals surface area contributed by atoms with Crippen LogP contribution < -0.4 is 9.47 Å². The molecule has 0 bridgehead atoms. The van der Waals surface area contributed by atoms with Crippen LogP contribution in [0.5, 0.6) is 11.5 Å². The van der Waals surface area contributed by atoms with Gasteiger partial charge in [0.1, 0.15) is 23.4 Å². The number of carbonyl (C=O) groups excluding carboxylic acids is 1. The average Bonchev–Trinajstić information content (AvgIpc) is 2.40. The smallest absolute Gasteiger partial charge is 0.146 e. The van der Waals surface area contributed by atoms with Crippen LogP contribution in [0.1, 0.15) is 33.6 Å². The summed E-state index contributed by atoms with van der Waals surface area (Å²) in [7, 11) is 0. The molecule has 1 aliphatic rings. The zero-order chi connectivity index (χ0) is 13.2. The summed E-state index contributed by atoms with van der Waals surface area (Å²) in [4.78, 5) is 11.6. The summed E-state index contributed by atoms with van der Waals surface area (Å²) >= 11 is 0. The van der Waals surface area contributed by atoms with Gasteiger partial charge in [-0.15, -0.1) is 0 Å². The van der Waals surface area contributed by atoms with Crippen LogP contribution in [0.25, 0.3) is 0 Å². The standard InChI is InChI=1S/C15H20O3/c1-4-15(3)13(16)10-14(15)18-12-8-6-11(7-9-12)17-5-2/h6-9,14H,4-5,10H2,1-3H3. The molecule has 2 atom stereocenters. The Morgan fingerprint density at radius 3 is 2.33 bits per heavy atom. The zero-order valence-corrected chi connectivity index (χ0v) is 11.2. The van der Waals surface area contributed by atoms with E-state index in [-0.39, 0.29) is 11.5 Å². The van der Waals surface area contributed by atoms with Gasteiger partial charge in [0.05, 0.1) is 12.0 Å². The largest absolute Gasteiger partial charge is 0.494 e. The number of ether oxygens (including phenoxy) is 2. The van der Waals surface area contributed by atoms with Gasteiger partial charge in [-0.1, -0.05) is 6.92 Å². The Kier molecular flexibility index (Phi) is 3.60. The van der Waals surface area contributed by atoms with Crippen molar-refractivity contribution in [1.29, 1.82) is 0 Å². The van der Waals surface area contributed by atoms with Crippen LogP contribution in [0.2, 0.25) is 0 Å². The van der Waals surface area contributed by atoms with Crippen molar-refractivity contribution in [1.82, 2.24) is 0 Å². The second-order valence-corrected chi connectivity index (χ2v) is 4.91. The van der Waals surface area contributed by atoms with E-state index in [1.165, 1.54) is 0 Å². The van der Waals surface area contributed by atoms with Crippen molar-refractivity contribution in [3.05, 3.63) is 24.3 Å². The van der Waals surface area contributed by atoms with Crippen LogP contribution in [0, 0.1) is 5.41 Å². The molecule has 0 radical (unpaired) electrons. The number of hydrogen-bond donors (Lipinski definition) is 0. The Morgan fingerprint density at radius 2 is 1.83 bits per heavy atom. The summed E-state index contributed by atoms with van der Waals surface area (Å²) < 4.78 is 11.3. The summed E-state index contributed by atoms with van der Waals surface area (Å²) in [5.74, 6) is 1.95. The molecule has 1 aliphatic carbocycles. The number of benzene rings is 1. The first kappa shape index (κ1) is 12.9. The normalized spacial score (nSPS) is 26.6. The molecule has 2 unspecified atom stereocenters. The highest BCUT2D eigenvalue weighted by molar-refractivity contribution is 5.92. The lowest BCUT2D eigenvalue weighted by molar-refractivity contribution is -0.150. The fourth-order valence-corrected chi connectivity index (χ4v) is 2.22. The molecule has 1 aromatic carbocycles. The lowest BCUT2D eigenvalue weighted by Gasteiger charge is -2.44. The number of hydrogen-bond acceptors (Lipinski definition) is 3. The molecule has 0 aromatic heterocycles. The maximum atomic E-state index is 11.6. The van der Waals surface area contributed by atoms with Gasteiger partial charge in [0.15, 0.2) is 0 Å². The van der Waals surface area contributed by atoms with E-state index in [1.54, 1.807) is 0 Å². The molecule has 1 aromatic rings. The second-order valence-electron chi connectivity index (χ2n) is 4.91. The summed E-state index contributed by atoms with van der Waals surface area (Å²) in [5.41, 5.74) is -0.307. The van der Waals surface area contributed by atoms with E-state index in [4.69, 9.17) is 9.47 Å². The summed E-state index contributed by atoms with van der Waals surface area (Å²) in [6, 6.07) is 7.57. The molecule has 0 amide bonds. The lowest BCUT2D eigenvalue weighted by Crippen LogP contribution is -2.54. The molecule has 0 heterocycles. The number of carbonyl (C=O) groups is 1. The van der Waals surface area contributed by atoms with Crippen molar-refractivity contribution in [3.63, 3.8) is 0 Å². The van der Waals surface area contributed by atoms with E-state index >= 15 is 0 Å². The maximum Gasteiger partial charge on any atom is 0.146 e. The van der Waals surface area contributed by atoms with Crippen molar-refractivity contribution in [2.24, 2.45) is 5.41 Å². The minimum Gasteiger partial charge on any atom is -0.494 e. The highest BCUT2D eigenvalue weighted by Gasteiger charge is 2.51. The molecule has 98 valence electrons. The lowest BCUT2D eigenvalue weighted by atomic mass is 9.64. The molecule has 1 fully saturated rings. The molecule has 18 heavy (non-hydrogen) atoms. The Hall–Kier alpha value is -1.51. The van der Waals surface area contributed by atoms with E-state index < -0.39 is 0 Å². The van der Waals surface area contributed by atoms with Gasteiger partial charge in [-0.2, -0.15) is 0 Å². The fourth-order valence-electron chi connectivity index (χ4n) is 2.22. The summed E-state index contributed by atoms with van der Waals surface area (Å²) in [5, 5.41) is 0. The van der Waals surface area contributed by atoms with Crippen molar-refractivity contribution in [2.75, 3.05) is 6.61 Å². The molecule has 3 heteroatoms. The number of ketones is 1. The molecule has 2 rings (SSSR count). The van der Waals surface area contributed by atoms with Gasteiger partial charge >= 0.3 is 0 Å². The minimum absolute atomic E-state index is 0.00736. The molecule has 1 saturated carbocycles. The molecule has 3 nitrogen and oxygen atoms in total. The minimum atomic E-state index is -0.307. The zero-order valence-electron chi connectivity index (χ0n) is 11.2.